The van der Waals surface area contributed by atoms with E-state index in [0.29, 0.717) is 13.1 Å². The van der Waals surface area contributed by atoms with Crippen LogP contribution in [0, 0.1) is 5.82 Å². The first-order valence-corrected chi connectivity index (χ1v) is 8.93. The first-order chi connectivity index (χ1) is 13.5. The number of H-pyrrole nitrogens is 3. The summed E-state index contributed by atoms with van der Waals surface area (Å²) >= 11 is 0. The fraction of sp³-hybridized carbons (Fsp3) is 0.263. The van der Waals surface area contributed by atoms with E-state index in [0.717, 1.165) is 35.7 Å². The van der Waals surface area contributed by atoms with Gasteiger partial charge in [0.25, 0.3) is 11.5 Å². The number of likely N-dealkylation sites (tertiary alicyclic amines) is 1. The summed E-state index contributed by atoms with van der Waals surface area (Å²) in [5, 5.41) is 7.14. The molecule has 144 valence electrons. The smallest absolute Gasteiger partial charge is 0.326 e. The maximum absolute atomic E-state index is 13.2. The number of nitrogens with zero attached hydrogens (tertiary/aromatic N) is 2. The summed E-state index contributed by atoms with van der Waals surface area (Å²) < 4.78 is 13.2. The number of amides is 1. The fourth-order valence-electron chi connectivity index (χ4n) is 3.62. The Bertz CT molecular complexity index is 1090. The van der Waals surface area contributed by atoms with E-state index < -0.39 is 17.2 Å². The lowest BCUT2D eigenvalue weighted by atomic mass is 9.90. The van der Waals surface area contributed by atoms with Gasteiger partial charge in [0.1, 0.15) is 11.5 Å². The van der Waals surface area contributed by atoms with Gasteiger partial charge in [-0.05, 0) is 30.5 Å². The molecule has 1 saturated heterocycles. The fourth-order valence-corrected chi connectivity index (χ4v) is 3.62. The van der Waals surface area contributed by atoms with Crippen LogP contribution in [0.1, 0.15) is 34.9 Å². The second-order valence-electron chi connectivity index (χ2n) is 6.80. The molecule has 0 aliphatic carbocycles. The van der Waals surface area contributed by atoms with E-state index in [9.17, 15) is 18.8 Å². The van der Waals surface area contributed by atoms with Crippen molar-refractivity contribution >= 4 is 5.91 Å². The molecular weight excluding hydrogens is 365 g/mol. The van der Waals surface area contributed by atoms with Crippen molar-refractivity contribution < 1.29 is 9.18 Å². The summed E-state index contributed by atoms with van der Waals surface area (Å²) in [7, 11) is 0. The summed E-state index contributed by atoms with van der Waals surface area (Å²) in [4.78, 5) is 41.7. The lowest BCUT2D eigenvalue weighted by Gasteiger charge is -2.32. The zero-order chi connectivity index (χ0) is 19.7. The molecule has 8 nitrogen and oxygen atoms in total. The van der Waals surface area contributed by atoms with Crippen molar-refractivity contribution in [2.45, 2.75) is 18.8 Å². The maximum Gasteiger partial charge on any atom is 0.326 e. The van der Waals surface area contributed by atoms with Crippen molar-refractivity contribution in [1.82, 2.24) is 25.1 Å². The number of aromatic amines is 3. The molecular formula is C19H18FN5O3. The molecule has 9 heteroatoms. The van der Waals surface area contributed by atoms with Gasteiger partial charge in [-0.2, -0.15) is 5.10 Å². The van der Waals surface area contributed by atoms with Gasteiger partial charge < -0.3 is 9.88 Å². The lowest BCUT2D eigenvalue weighted by molar-refractivity contribution is 0.0699. The van der Waals surface area contributed by atoms with Gasteiger partial charge in [-0.15, -0.1) is 0 Å². The summed E-state index contributed by atoms with van der Waals surface area (Å²) in [6.45, 7) is 0.953. The second kappa shape index (κ2) is 7.26. The predicted octanol–water partition coefficient (Wildman–Crippen LogP) is 1.61. The molecule has 0 unspecified atom stereocenters. The highest BCUT2D eigenvalue weighted by atomic mass is 19.1. The Morgan fingerprint density at radius 1 is 1.18 bits per heavy atom. The van der Waals surface area contributed by atoms with Crippen molar-refractivity contribution in [2.24, 2.45) is 0 Å². The van der Waals surface area contributed by atoms with E-state index in [1.807, 2.05) is 0 Å². The maximum atomic E-state index is 13.2. The van der Waals surface area contributed by atoms with E-state index in [-0.39, 0.29) is 17.4 Å². The summed E-state index contributed by atoms with van der Waals surface area (Å²) in [6, 6.07) is 7.26. The van der Waals surface area contributed by atoms with Crippen LogP contribution in [0.15, 0.2) is 46.1 Å². The van der Waals surface area contributed by atoms with Crippen LogP contribution in [0.5, 0.6) is 0 Å². The molecule has 0 spiro atoms. The molecule has 1 amide bonds. The van der Waals surface area contributed by atoms with Gasteiger partial charge in [0.15, 0.2) is 0 Å². The molecule has 2 aromatic heterocycles. The van der Waals surface area contributed by atoms with E-state index in [1.54, 1.807) is 23.2 Å². The van der Waals surface area contributed by atoms with Crippen LogP contribution in [-0.4, -0.2) is 44.1 Å². The van der Waals surface area contributed by atoms with Gasteiger partial charge in [0.2, 0.25) is 0 Å². The molecule has 3 aromatic rings. The number of rotatable bonds is 3. The number of nitrogens with one attached hydrogen (secondary N) is 3. The van der Waals surface area contributed by atoms with Crippen molar-refractivity contribution in [2.75, 3.05) is 13.1 Å². The van der Waals surface area contributed by atoms with Crippen LogP contribution >= 0.6 is 0 Å². The number of hydrogen-bond acceptors (Lipinski definition) is 4. The molecule has 1 aliphatic rings. The third kappa shape index (κ3) is 3.51. The topological polar surface area (TPSA) is 115 Å². The van der Waals surface area contributed by atoms with Gasteiger partial charge in [-0.1, -0.05) is 12.1 Å². The molecule has 0 radical (unpaired) electrons. The number of aromatic nitrogens is 4. The third-order valence-corrected chi connectivity index (χ3v) is 4.93. The van der Waals surface area contributed by atoms with E-state index >= 15 is 0 Å². The molecule has 28 heavy (non-hydrogen) atoms. The Morgan fingerprint density at radius 3 is 2.71 bits per heavy atom. The Morgan fingerprint density at radius 2 is 1.96 bits per heavy atom. The zero-order valence-corrected chi connectivity index (χ0v) is 14.9. The van der Waals surface area contributed by atoms with Gasteiger partial charge in [0.05, 0.1) is 6.20 Å². The van der Waals surface area contributed by atoms with Crippen molar-refractivity contribution in [3.63, 3.8) is 0 Å². The lowest BCUT2D eigenvalue weighted by Crippen LogP contribution is -2.41. The molecule has 0 bridgehead atoms. The number of benzene rings is 1. The highest BCUT2D eigenvalue weighted by molar-refractivity contribution is 5.92. The van der Waals surface area contributed by atoms with Crippen molar-refractivity contribution in [3.8, 4) is 11.1 Å². The van der Waals surface area contributed by atoms with Crippen LogP contribution in [-0.2, 0) is 0 Å². The third-order valence-electron chi connectivity index (χ3n) is 4.93. The quantitative estimate of drug-likeness (QED) is 0.637. The van der Waals surface area contributed by atoms with Crippen LogP contribution < -0.4 is 11.2 Å². The first kappa shape index (κ1) is 17.9. The molecule has 4 rings (SSSR count). The van der Waals surface area contributed by atoms with Gasteiger partial charge in [0, 0.05) is 36.3 Å². The monoisotopic (exact) mass is 383 g/mol. The Kier molecular flexibility index (Phi) is 4.64. The van der Waals surface area contributed by atoms with Gasteiger partial charge in [-0.25, -0.2) is 9.18 Å². The largest absolute Gasteiger partial charge is 0.337 e. The number of halogens is 1. The molecule has 3 heterocycles. The van der Waals surface area contributed by atoms with Crippen molar-refractivity contribution in [3.05, 3.63) is 74.6 Å². The highest BCUT2D eigenvalue weighted by Gasteiger charge is 2.28. The van der Waals surface area contributed by atoms with Gasteiger partial charge in [-0.3, -0.25) is 19.7 Å². The Labute approximate surface area is 158 Å². The number of carbonyl (C=O) groups excluding carboxylic acids is 1. The van der Waals surface area contributed by atoms with Crippen LogP contribution in [0.2, 0.25) is 0 Å². The first-order valence-electron chi connectivity index (χ1n) is 8.93. The van der Waals surface area contributed by atoms with Crippen molar-refractivity contribution in [1.29, 1.82) is 0 Å². The minimum Gasteiger partial charge on any atom is -0.337 e. The molecule has 1 aliphatic heterocycles. The minimum atomic E-state index is -0.712. The molecule has 1 fully saturated rings. The van der Waals surface area contributed by atoms with E-state index in [2.05, 4.69) is 20.2 Å². The molecule has 0 saturated carbocycles. The second-order valence-corrected chi connectivity index (χ2v) is 6.80. The molecule has 1 aromatic carbocycles. The Hall–Kier alpha value is -3.49. The van der Waals surface area contributed by atoms with Crippen LogP contribution in [0.3, 0.4) is 0 Å². The average molecular weight is 383 g/mol. The SMILES string of the molecule is O=C(c1cc(=O)[nH]c(=O)[nH]1)N1CCC[C@@H](c2[nH]ncc2-c2ccc(F)cc2)C1. The normalized spacial score (nSPS) is 16.9. The highest BCUT2D eigenvalue weighted by Crippen LogP contribution is 2.33. The summed E-state index contributed by atoms with van der Waals surface area (Å²) in [6.07, 6.45) is 3.31. The number of carbonyl (C=O) groups is 1. The minimum absolute atomic E-state index is 0.00831. The van der Waals surface area contributed by atoms with Gasteiger partial charge >= 0.3 is 5.69 Å². The van der Waals surface area contributed by atoms with Crippen LogP contribution in [0.25, 0.3) is 11.1 Å². The Balaban J connectivity index is 1.59. The van der Waals surface area contributed by atoms with Crippen LogP contribution in [0.4, 0.5) is 4.39 Å². The van der Waals surface area contributed by atoms with E-state index in [1.165, 1.54) is 12.1 Å². The standard InChI is InChI=1S/C19H18FN5O3/c20-13-5-3-11(4-6-13)14-9-21-24-17(14)12-2-1-7-25(10-12)18(27)15-8-16(26)23-19(28)22-15/h3-6,8-9,12H,1-2,7,10H2,(H,21,24)(H2,22,23,26,28)/t12-/m1/s1. The predicted molar refractivity (Wildman–Crippen MR) is 99.5 cm³/mol. The molecule has 1 atom stereocenters. The average Bonchev–Trinajstić information content (AvgIpc) is 3.17. The summed E-state index contributed by atoms with van der Waals surface area (Å²) in [5.41, 5.74) is 1.22. The zero-order valence-electron chi connectivity index (χ0n) is 14.9. The van der Waals surface area contributed by atoms with E-state index in [4.69, 9.17) is 0 Å². The number of hydrogen-bond donors (Lipinski definition) is 3. The number of piperidine rings is 1. The molecule has 3 N–H and O–H groups in total. The summed E-state index contributed by atoms with van der Waals surface area (Å²) in [5.74, 6) is -0.695.